The molecule has 0 amide bonds. The molecule has 3 N–H and O–H groups in total. The number of rotatable bonds is 5. The second-order valence-corrected chi connectivity index (χ2v) is 7.69. The largest absolute Gasteiger partial charge is 0.507 e. The number of phenols is 1. The van der Waals surface area contributed by atoms with E-state index in [4.69, 9.17) is 9.47 Å². The third kappa shape index (κ3) is 3.99. The molecule has 2 aliphatic rings. The summed E-state index contributed by atoms with van der Waals surface area (Å²) in [5.74, 6) is 1.53. The van der Waals surface area contributed by atoms with Crippen LogP contribution >= 0.6 is 0 Å². The molecule has 1 saturated heterocycles. The number of ether oxygens (including phenoxy) is 2. The van der Waals surface area contributed by atoms with Crippen LogP contribution in [0.5, 0.6) is 17.2 Å². The minimum atomic E-state index is -0.153. The Morgan fingerprint density at radius 1 is 1.14 bits per heavy atom. The van der Waals surface area contributed by atoms with E-state index in [1.807, 2.05) is 24.3 Å². The zero-order valence-electron chi connectivity index (χ0n) is 17.0. The highest BCUT2D eigenvalue weighted by molar-refractivity contribution is 6.15. The van der Waals surface area contributed by atoms with Gasteiger partial charge < -0.3 is 24.4 Å². The van der Waals surface area contributed by atoms with E-state index in [2.05, 4.69) is 6.92 Å². The van der Waals surface area contributed by atoms with Gasteiger partial charge >= 0.3 is 0 Å². The first kappa shape index (κ1) is 19.5. The Morgan fingerprint density at radius 3 is 2.62 bits per heavy atom. The van der Waals surface area contributed by atoms with E-state index in [0.29, 0.717) is 17.9 Å². The molecule has 4 rings (SSSR count). The van der Waals surface area contributed by atoms with Crippen LogP contribution in [0.15, 0.2) is 42.2 Å². The third-order valence-corrected chi connectivity index (χ3v) is 5.90. The van der Waals surface area contributed by atoms with Crippen LogP contribution in [-0.2, 0) is 6.54 Å². The van der Waals surface area contributed by atoms with Gasteiger partial charge in [-0.1, -0.05) is 12.1 Å². The summed E-state index contributed by atoms with van der Waals surface area (Å²) in [6.45, 7) is 8.37. The molecule has 152 valence electrons. The van der Waals surface area contributed by atoms with Gasteiger partial charge in [-0.3, -0.25) is 4.79 Å². The lowest BCUT2D eigenvalue weighted by atomic mass is 10.0. The van der Waals surface area contributed by atoms with E-state index >= 15 is 0 Å². The molecule has 0 bridgehead atoms. The molecule has 0 atom stereocenters. The van der Waals surface area contributed by atoms with Crippen LogP contribution in [0.25, 0.3) is 6.08 Å². The van der Waals surface area contributed by atoms with E-state index in [1.165, 1.54) is 4.90 Å². The predicted octanol–water partition coefficient (Wildman–Crippen LogP) is 0.320. The van der Waals surface area contributed by atoms with Crippen LogP contribution in [-0.4, -0.2) is 50.7 Å². The molecular formula is C23H28N2O4+2. The van der Waals surface area contributed by atoms with Gasteiger partial charge in [0.15, 0.2) is 11.5 Å². The van der Waals surface area contributed by atoms with Gasteiger partial charge in [0.05, 0.1) is 24.8 Å². The lowest BCUT2D eigenvalue weighted by molar-refractivity contribution is -1.02. The van der Waals surface area contributed by atoms with Crippen molar-refractivity contribution in [1.82, 2.24) is 0 Å². The Labute approximate surface area is 171 Å². The van der Waals surface area contributed by atoms with Crippen molar-refractivity contribution in [1.29, 1.82) is 0 Å². The molecule has 6 nitrogen and oxygen atoms in total. The van der Waals surface area contributed by atoms with E-state index in [-0.39, 0.29) is 17.3 Å². The smallest absolute Gasteiger partial charge is 0.231 e. The highest BCUT2D eigenvalue weighted by Crippen LogP contribution is 2.39. The van der Waals surface area contributed by atoms with E-state index in [9.17, 15) is 9.90 Å². The van der Waals surface area contributed by atoms with Crippen LogP contribution in [0.1, 0.15) is 28.4 Å². The Morgan fingerprint density at radius 2 is 1.90 bits per heavy atom. The number of hydrogen-bond acceptors (Lipinski definition) is 4. The first-order valence-electron chi connectivity index (χ1n) is 10.2. The lowest BCUT2D eigenvalue weighted by Gasteiger charge is -2.29. The van der Waals surface area contributed by atoms with Crippen molar-refractivity contribution < 1.29 is 29.2 Å². The van der Waals surface area contributed by atoms with Crippen molar-refractivity contribution in [2.24, 2.45) is 0 Å². The standard InChI is InChI=1S/C23H26N2O4/c1-3-24-9-11-25(12-10-24)15-19-20(26)8-7-18-22(27)21(29-23(18)19)14-16-5-4-6-17(13-16)28-2/h4-8,13-14,26H,3,9-12,15H2,1-2H3/p+2/b21-14-. The topological polar surface area (TPSA) is 64.6 Å². The molecule has 0 aromatic heterocycles. The molecule has 2 aromatic rings. The van der Waals surface area contributed by atoms with E-state index in [0.717, 1.165) is 49.6 Å². The highest BCUT2D eigenvalue weighted by Gasteiger charge is 2.33. The number of carbonyl (C=O) groups is 1. The average Bonchev–Trinajstić information content (AvgIpc) is 3.06. The summed E-state index contributed by atoms with van der Waals surface area (Å²) >= 11 is 0. The number of hydrogen-bond donors (Lipinski definition) is 3. The van der Waals surface area contributed by atoms with Gasteiger partial charge in [0, 0.05) is 0 Å². The molecular weight excluding hydrogens is 368 g/mol. The number of piperazine rings is 1. The van der Waals surface area contributed by atoms with E-state index in [1.54, 1.807) is 30.2 Å². The molecule has 29 heavy (non-hydrogen) atoms. The second-order valence-electron chi connectivity index (χ2n) is 7.69. The normalized spacial score (nSPS) is 22.4. The number of methoxy groups -OCH3 is 1. The number of fused-ring (bicyclic) bond motifs is 1. The van der Waals surface area contributed by atoms with Gasteiger partial charge in [0.25, 0.3) is 0 Å². The maximum absolute atomic E-state index is 12.9. The number of benzene rings is 2. The van der Waals surface area contributed by atoms with Crippen LogP contribution in [0.4, 0.5) is 0 Å². The Bertz CT molecular complexity index is 946. The summed E-state index contributed by atoms with van der Waals surface area (Å²) in [6, 6.07) is 10.7. The fraction of sp³-hybridized carbons (Fsp3) is 0.348. The SMILES string of the molecule is CC[NH+]1CC[NH+](Cc2c(O)ccc3c2O/C(=C\c2cccc(OC)c2)C3=O)CC1. The predicted molar refractivity (Wildman–Crippen MR) is 110 cm³/mol. The number of nitrogens with one attached hydrogen (secondary N) is 2. The number of Topliss-reactive ketones (excluding diaryl/α,β-unsaturated/α-hetero) is 1. The number of ketones is 1. The first-order chi connectivity index (χ1) is 14.1. The summed E-state index contributed by atoms with van der Waals surface area (Å²) in [5.41, 5.74) is 2.07. The summed E-state index contributed by atoms with van der Waals surface area (Å²) in [6.07, 6.45) is 1.72. The minimum Gasteiger partial charge on any atom is -0.507 e. The summed E-state index contributed by atoms with van der Waals surface area (Å²) in [5, 5.41) is 10.5. The van der Waals surface area contributed by atoms with Crippen LogP contribution in [0, 0.1) is 0 Å². The Kier molecular flexibility index (Phi) is 5.56. The van der Waals surface area contributed by atoms with Crippen molar-refractivity contribution in [3.8, 4) is 17.2 Å². The second kappa shape index (κ2) is 8.27. The summed E-state index contributed by atoms with van der Waals surface area (Å²) in [7, 11) is 1.61. The number of quaternary nitrogens is 2. The fourth-order valence-electron chi connectivity index (χ4n) is 4.09. The number of phenolic OH excluding ortho intramolecular Hbond substituents is 1. The number of carbonyl (C=O) groups excluding carboxylic acids is 1. The van der Waals surface area contributed by atoms with Gasteiger partial charge in [-0.15, -0.1) is 0 Å². The first-order valence-corrected chi connectivity index (χ1v) is 10.2. The number of likely N-dealkylation sites (N-methyl/N-ethyl adjacent to an activating group) is 1. The van der Waals surface area contributed by atoms with Crippen molar-refractivity contribution in [3.63, 3.8) is 0 Å². The number of allylic oxidation sites excluding steroid dienone is 1. The van der Waals surface area contributed by atoms with E-state index < -0.39 is 0 Å². The monoisotopic (exact) mass is 396 g/mol. The third-order valence-electron chi connectivity index (χ3n) is 5.90. The molecule has 2 aromatic carbocycles. The molecule has 0 aliphatic carbocycles. The molecule has 0 radical (unpaired) electrons. The molecule has 2 heterocycles. The molecule has 6 heteroatoms. The zero-order valence-corrected chi connectivity index (χ0v) is 17.0. The Balaban J connectivity index is 1.58. The maximum atomic E-state index is 12.9. The van der Waals surface area contributed by atoms with Crippen molar-refractivity contribution in [2.45, 2.75) is 13.5 Å². The van der Waals surface area contributed by atoms with Crippen LogP contribution in [0.3, 0.4) is 0 Å². The zero-order chi connectivity index (χ0) is 20.4. The minimum absolute atomic E-state index is 0.153. The molecule has 2 aliphatic heterocycles. The summed E-state index contributed by atoms with van der Waals surface area (Å²) < 4.78 is 11.2. The highest BCUT2D eigenvalue weighted by atomic mass is 16.5. The molecule has 0 unspecified atom stereocenters. The molecule has 0 spiro atoms. The van der Waals surface area contributed by atoms with Crippen LogP contribution < -0.4 is 19.3 Å². The molecule has 1 fully saturated rings. The average molecular weight is 396 g/mol. The summed E-state index contributed by atoms with van der Waals surface area (Å²) in [4.78, 5) is 15.9. The van der Waals surface area contributed by atoms with Gasteiger partial charge in [-0.25, -0.2) is 0 Å². The maximum Gasteiger partial charge on any atom is 0.231 e. The quantitative estimate of drug-likeness (QED) is 0.637. The molecule has 0 saturated carbocycles. The van der Waals surface area contributed by atoms with Gasteiger partial charge in [0.1, 0.15) is 44.2 Å². The Hall–Kier alpha value is -2.83. The van der Waals surface area contributed by atoms with Gasteiger partial charge in [-0.05, 0) is 42.8 Å². The van der Waals surface area contributed by atoms with Crippen LogP contribution in [0.2, 0.25) is 0 Å². The lowest BCUT2D eigenvalue weighted by Crippen LogP contribution is -3.27. The van der Waals surface area contributed by atoms with Crippen molar-refractivity contribution in [3.05, 3.63) is 58.8 Å². The van der Waals surface area contributed by atoms with Gasteiger partial charge in [-0.2, -0.15) is 0 Å². The van der Waals surface area contributed by atoms with Crippen molar-refractivity contribution in [2.75, 3.05) is 39.8 Å². The fourth-order valence-corrected chi connectivity index (χ4v) is 4.09. The van der Waals surface area contributed by atoms with Gasteiger partial charge in [0.2, 0.25) is 5.78 Å². The number of aromatic hydroxyl groups is 1. The van der Waals surface area contributed by atoms with Crippen molar-refractivity contribution >= 4 is 11.9 Å².